The fourth-order valence-corrected chi connectivity index (χ4v) is 8.35. The molecule has 6 atom stereocenters. The van der Waals surface area contributed by atoms with E-state index in [4.69, 9.17) is 27.8 Å². The SMILES string of the molecule is C/C=C\[C@H](C)/C=C(\C)[C@@H](OCOCC[Si](C)(C)C)[C@H]1COC(C)(C)O[C@H]1[C@H](C)[C@H](CO[Si](C)(C)C(C)(C)C)O[Si](C)(C)C(C)(C)C. The molecule has 0 saturated carbocycles. The predicted molar refractivity (Wildman–Crippen MR) is 204 cm³/mol. The molecule has 0 N–H and O–H groups in total. The number of allylic oxidation sites excluding steroid dienone is 3. The molecule has 0 radical (unpaired) electrons. The molecule has 1 heterocycles. The summed E-state index contributed by atoms with van der Waals surface area (Å²) >= 11 is 0. The van der Waals surface area contributed by atoms with E-state index < -0.39 is 30.5 Å². The third kappa shape index (κ3) is 14.0. The van der Waals surface area contributed by atoms with E-state index in [0.29, 0.717) is 13.2 Å². The molecule has 0 unspecified atom stereocenters. The van der Waals surface area contributed by atoms with Crippen molar-refractivity contribution < 1.29 is 27.8 Å². The van der Waals surface area contributed by atoms with Gasteiger partial charge >= 0.3 is 0 Å². The Kier molecular flexibility index (Phi) is 16.4. The average Bonchev–Trinajstić information content (AvgIpc) is 2.86. The maximum Gasteiger partial charge on any atom is 0.192 e. The second-order valence-electron chi connectivity index (χ2n) is 18.5. The van der Waals surface area contributed by atoms with Crippen molar-refractivity contribution >= 4 is 24.7 Å². The molecule has 0 aliphatic carbocycles. The summed E-state index contributed by atoms with van der Waals surface area (Å²) in [6.45, 7) is 45.1. The van der Waals surface area contributed by atoms with E-state index in [-0.39, 0.29) is 52.9 Å². The van der Waals surface area contributed by atoms with Gasteiger partial charge in [-0.1, -0.05) is 93.3 Å². The molecule has 1 aliphatic rings. The zero-order valence-electron chi connectivity index (χ0n) is 33.7. The minimum Gasteiger partial charge on any atom is -0.414 e. The molecule has 46 heavy (non-hydrogen) atoms. The number of ether oxygens (including phenoxy) is 4. The number of hydrogen-bond donors (Lipinski definition) is 0. The second-order valence-corrected chi connectivity index (χ2v) is 33.7. The minimum absolute atomic E-state index is 0.0340. The van der Waals surface area contributed by atoms with Crippen LogP contribution < -0.4 is 0 Å². The van der Waals surface area contributed by atoms with Gasteiger partial charge in [0.2, 0.25) is 0 Å². The van der Waals surface area contributed by atoms with Gasteiger partial charge in [-0.3, -0.25) is 0 Å². The van der Waals surface area contributed by atoms with E-state index in [1.54, 1.807) is 0 Å². The van der Waals surface area contributed by atoms with Gasteiger partial charge in [-0.05, 0) is 81.5 Å². The Morgan fingerprint density at radius 1 is 0.935 bits per heavy atom. The van der Waals surface area contributed by atoms with Crippen LogP contribution in [-0.2, 0) is 27.8 Å². The Balaban J connectivity index is 3.57. The Hall–Kier alpha value is -0.109. The Morgan fingerprint density at radius 3 is 2.00 bits per heavy atom. The first kappa shape index (κ1) is 43.9. The lowest BCUT2D eigenvalue weighted by Gasteiger charge is -2.49. The van der Waals surface area contributed by atoms with Crippen LogP contribution in [-0.4, -0.2) is 75.4 Å². The summed E-state index contributed by atoms with van der Waals surface area (Å²) in [5.74, 6) is -0.442. The molecule has 9 heteroatoms. The molecular weight excluding hydrogens is 625 g/mol. The largest absolute Gasteiger partial charge is 0.414 e. The van der Waals surface area contributed by atoms with Gasteiger partial charge in [0.25, 0.3) is 0 Å². The third-order valence-electron chi connectivity index (χ3n) is 10.4. The normalized spacial score (nSPS) is 23.4. The molecule has 6 nitrogen and oxygen atoms in total. The summed E-state index contributed by atoms with van der Waals surface area (Å²) in [6, 6.07) is 1.11. The van der Waals surface area contributed by atoms with Gasteiger partial charge in [0.05, 0.1) is 31.5 Å². The quantitative estimate of drug-likeness (QED) is 0.0652. The van der Waals surface area contributed by atoms with Crippen molar-refractivity contribution in [2.24, 2.45) is 17.8 Å². The fourth-order valence-electron chi connectivity index (χ4n) is 5.18. The Morgan fingerprint density at radius 2 is 1.50 bits per heavy atom. The molecule has 0 aromatic heterocycles. The molecule has 1 rings (SSSR count). The van der Waals surface area contributed by atoms with Crippen molar-refractivity contribution in [3.05, 3.63) is 23.8 Å². The highest BCUT2D eigenvalue weighted by Crippen LogP contribution is 2.43. The maximum atomic E-state index is 7.25. The molecule has 0 amide bonds. The van der Waals surface area contributed by atoms with E-state index in [1.165, 1.54) is 5.57 Å². The van der Waals surface area contributed by atoms with Crippen molar-refractivity contribution in [2.75, 3.05) is 26.6 Å². The van der Waals surface area contributed by atoms with E-state index in [0.717, 1.165) is 12.7 Å². The molecule has 0 spiro atoms. The first-order valence-corrected chi connectivity index (χ1v) is 27.3. The lowest BCUT2D eigenvalue weighted by Crippen LogP contribution is -2.57. The van der Waals surface area contributed by atoms with Crippen LogP contribution in [0.4, 0.5) is 0 Å². The van der Waals surface area contributed by atoms with E-state index in [9.17, 15) is 0 Å². The second kappa shape index (κ2) is 17.2. The van der Waals surface area contributed by atoms with Gasteiger partial charge in [0.15, 0.2) is 22.4 Å². The highest BCUT2D eigenvalue weighted by atomic mass is 28.4. The van der Waals surface area contributed by atoms with Gasteiger partial charge in [-0.15, -0.1) is 0 Å². The van der Waals surface area contributed by atoms with Crippen LogP contribution >= 0.6 is 0 Å². The zero-order valence-corrected chi connectivity index (χ0v) is 36.7. The van der Waals surface area contributed by atoms with E-state index >= 15 is 0 Å². The third-order valence-corrected chi connectivity index (χ3v) is 21.1. The molecule has 1 saturated heterocycles. The van der Waals surface area contributed by atoms with E-state index in [1.807, 2.05) is 13.8 Å². The molecule has 0 aromatic carbocycles. The van der Waals surface area contributed by atoms with Crippen molar-refractivity contribution in [1.29, 1.82) is 0 Å². The van der Waals surface area contributed by atoms with Crippen LogP contribution in [0.3, 0.4) is 0 Å². The minimum atomic E-state index is -2.14. The molecular formula is C37H76O6Si3. The van der Waals surface area contributed by atoms with Crippen LogP contribution in [0, 0.1) is 17.8 Å². The van der Waals surface area contributed by atoms with Crippen LogP contribution in [0.5, 0.6) is 0 Å². The molecule has 1 aliphatic heterocycles. The van der Waals surface area contributed by atoms with Crippen molar-refractivity contribution in [3.8, 4) is 0 Å². The van der Waals surface area contributed by atoms with E-state index in [2.05, 4.69) is 133 Å². The van der Waals surface area contributed by atoms with Gasteiger partial charge in [0, 0.05) is 26.5 Å². The highest BCUT2D eigenvalue weighted by molar-refractivity contribution is 6.76. The standard InChI is InChI=1S/C37H76O6Si3/c1-20-21-28(2)24-29(3)33(39-27-38-22-23-44(13,14)15)31-25-40-37(11,12)42-34(31)30(4)32(43-46(18,19)36(8,9)10)26-41-45(16,17)35(5,6)7/h20-21,24,28,30-34H,22-23,25-27H2,1-19H3/b21-20-,29-24+/t28-,30+,31+,32-,33+,34-/m0/s1. The summed E-state index contributed by atoms with van der Waals surface area (Å²) in [5, 5.41) is 0.176. The summed E-state index contributed by atoms with van der Waals surface area (Å²) in [5.41, 5.74) is 1.17. The number of rotatable bonds is 17. The zero-order chi connectivity index (χ0) is 35.9. The molecule has 1 fully saturated rings. The van der Waals surface area contributed by atoms with Crippen molar-refractivity contribution in [2.45, 2.75) is 169 Å². The fraction of sp³-hybridized carbons (Fsp3) is 0.892. The molecule has 272 valence electrons. The number of hydrogen-bond acceptors (Lipinski definition) is 6. The maximum absolute atomic E-state index is 7.25. The summed E-state index contributed by atoms with van der Waals surface area (Å²) in [6.07, 6.45) is 6.10. The van der Waals surface area contributed by atoms with Gasteiger partial charge in [-0.25, -0.2) is 0 Å². The van der Waals surface area contributed by atoms with Crippen molar-refractivity contribution in [1.82, 2.24) is 0 Å². The lowest BCUT2D eigenvalue weighted by atomic mass is 9.81. The van der Waals surface area contributed by atoms with Crippen LogP contribution in [0.2, 0.25) is 61.9 Å². The first-order chi connectivity index (χ1) is 20.6. The molecule has 0 bridgehead atoms. The molecule has 0 aromatic rings. The highest BCUT2D eigenvalue weighted by Gasteiger charge is 2.49. The summed E-state index contributed by atoms with van der Waals surface area (Å²) in [4.78, 5) is 0. The van der Waals surface area contributed by atoms with Crippen LogP contribution in [0.1, 0.15) is 83.1 Å². The van der Waals surface area contributed by atoms with Crippen LogP contribution in [0.15, 0.2) is 23.8 Å². The summed E-state index contributed by atoms with van der Waals surface area (Å²) in [7, 11) is -5.36. The first-order valence-electron chi connectivity index (χ1n) is 17.8. The van der Waals surface area contributed by atoms with Gasteiger partial charge in [-0.2, -0.15) is 0 Å². The van der Waals surface area contributed by atoms with Gasteiger partial charge in [0.1, 0.15) is 6.79 Å². The smallest absolute Gasteiger partial charge is 0.192 e. The Bertz CT molecular complexity index is 971. The van der Waals surface area contributed by atoms with Crippen LogP contribution in [0.25, 0.3) is 0 Å². The Labute approximate surface area is 289 Å². The lowest BCUT2D eigenvalue weighted by molar-refractivity contribution is -0.317. The predicted octanol–water partition coefficient (Wildman–Crippen LogP) is 10.7. The average molecular weight is 701 g/mol. The van der Waals surface area contributed by atoms with Gasteiger partial charge < -0.3 is 27.8 Å². The summed E-state index contributed by atoms with van der Waals surface area (Å²) < 4.78 is 40.2. The monoisotopic (exact) mass is 700 g/mol. The topological polar surface area (TPSA) is 55.4 Å². The van der Waals surface area contributed by atoms with Crippen molar-refractivity contribution in [3.63, 3.8) is 0 Å².